The van der Waals surface area contributed by atoms with E-state index in [4.69, 9.17) is 4.74 Å². The van der Waals surface area contributed by atoms with Crippen molar-refractivity contribution in [2.24, 2.45) is 4.99 Å². The second-order valence-electron chi connectivity index (χ2n) is 6.02. The van der Waals surface area contributed by atoms with Gasteiger partial charge in [-0.25, -0.2) is 4.99 Å². The van der Waals surface area contributed by atoms with E-state index in [1.165, 1.54) is 24.4 Å². The van der Waals surface area contributed by atoms with Gasteiger partial charge in [0.25, 0.3) is 5.19 Å². The van der Waals surface area contributed by atoms with Crippen molar-refractivity contribution in [3.8, 4) is 10.9 Å². The second-order valence-corrected chi connectivity index (χ2v) is 6.73. The molecule has 2 aromatic rings. The zero-order valence-corrected chi connectivity index (χ0v) is 14.9. The highest BCUT2D eigenvalue weighted by Gasteiger charge is 2.28. The Morgan fingerprint density at radius 1 is 1.35 bits per heavy atom. The zero-order valence-electron chi connectivity index (χ0n) is 14.0. The number of hydrogen-bond acceptors (Lipinski definition) is 5. The molecule has 0 N–H and O–H groups in total. The SMILES string of the molecule is CCN(C)/C=N\c1cc(C)c(Oc2nc(C3CC3)ns2)cc1C. The highest BCUT2D eigenvalue weighted by Crippen LogP contribution is 2.40. The van der Waals surface area contributed by atoms with Gasteiger partial charge in [-0.3, -0.25) is 0 Å². The topological polar surface area (TPSA) is 50.6 Å². The quantitative estimate of drug-likeness (QED) is 0.580. The minimum absolute atomic E-state index is 0.554. The lowest BCUT2D eigenvalue weighted by Gasteiger charge is -2.11. The second kappa shape index (κ2) is 6.66. The minimum atomic E-state index is 0.554. The van der Waals surface area contributed by atoms with Crippen LogP contribution in [0.5, 0.6) is 10.9 Å². The molecule has 0 unspecified atom stereocenters. The third-order valence-corrected chi connectivity index (χ3v) is 4.56. The molecule has 0 radical (unpaired) electrons. The third kappa shape index (κ3) is 3.88. The Hall–Kier alpha value is -1.95. The number of aliphatic imine (C=N–C) groups is 1. The van der Waals surface area contributed by atoms with Gasteiger partial charge in [0.2, 0.25) is 0 Å². The first-order valence-corrected chi connectivity index (χ1v) is 8.71. The van der Waals surface area contributed by atoms with Crippen LogP contribution in [0.2, 0.25) is 0 Å². The van der Waals surface area contributed by atoms with Crippen LogP contribution in [0, 0.1) is 13.8 Å². The summed E-state index contributed by atoms with van der Waals surface area (Å²) in [5, 5.41) is 0.622. The molecule has 1 fully saturated rings. The Labute approximate surface area is 141 Å². The van der Waals surface area contributed by atoms with Gasteiger partial charge in [-0.1, -0.05) is 0 Å². The summed E-state index contributed by atoms with van der Waals surface area (Å²) in [6.07, 6.45) is 4.26. The van der Waals surface area contributed by atoms with Crippen LogP contribution in [0.1, 0.15) is 42.6 Å². The van der Waals surface area contributed by atoms with Crippen molar-refractivity contribution in [2.75, 3.05) is 13.6 Å². The number of aromatic nitrogens is 2. The number of rotatable bonds is 6. The number of nitrogens with zero attached hydrogens (tertiary/aromatic N) is 4. The van der Waals surface area contributed by atoms with Crippen LogP contribution in [-0.4, -0.2) is 34.2 Å². The van der Waals surface area contributed by atoms with E-state index < -0.39 is 0 Å². The van der Waals surface area contributed by atoms with Crippen LogP contribution < -0.4 is 4.74 Å². The number of ether oxygens (including phenoxy) is 1. The summed E-state index contributed by atoms with van der Waals surface area (Å²) < 4.78 is 10.3. The van der Waals surface area contributed by atoms with E-state index in [0.29, 0.717) is 11.1 Å². The molecule has 0 amide bonds. The maximum absolute atomic E-state index is 5.93. The minimum Gasteiger partial charge on any atom is -0.430 e. The van der Waals surface area contributed by atoms with Crippen molar-refractivity contribution in [3.05, 3.63) is 29.1 Å². The molecule has 0 atom stereocenters. The van der Waals surface area contributed by atoms with Crippen LogP contribution >= 0.6 is 11.5 Å². The van der Waals surface area contributed by atoms with Crippen LogP contribution in [0.4, 0.5) is 5.69 Å². The van der Waals surface area contributed by atoms with Gasteiger partial charge in [0.1, 0.15) is 11.6 Å². The van der Waals surface area contributed by atoms with Crippen LogP contribution in [-0.2, 0) is 0 Å². The molecule has 1 heterocycles. The van der Waals surface area contributed by atoms with Gasteiger partial charge >= 0.3 is 0 Å². The number of benzene rings is 1. The van der Waals surface area contributed by atoms with Crippen LogP contribution in [0.15, 0.2) is 17.1 Å². The fourth-order valence-electron chi connectivity index (χ4n) is 2.13. The van der Waals surface area contributed by atoms with Crippen molar-refractivity contribution < 1.29 is 4.74 Å². The summed E-state index contributed by atoms with van der Waals surface area (Å²) >= 11 is 1.33. The highest BCUT2D eigenvalue weighted by molar-refractivity contribution is 7.07. The van der Waals surface area contributed by atoms with Crippen molar-refractivity contribution in [3.63, 3.8) is 0 Å². The van der Waals surface area contributed by atoms with E-state index in [0.717, 1.165) is 34.9 Å². The Kier molecular flexibility index (Phi) is 4.61. The Bertz CT molecular complexity index is 721. The molecule has 0 bridgehead atoms. The monoisotopic (exact) mass is 330 g/mol. The fraction of sp³-hybridized carbons (Fsp3) is 0.471. The smallest absolute Gasteiger partial charge is 0.298 e. The maximum atomic E-state index is 5.93. The summed E-state index contributed by atoms with van der Waals surface area (Å²) in [5.74, 6) is 2.31. The van der Waals surface area contributed by atoms with Gasteiger partial charge in [0, 0.05) is 31.0 Å². The molecule has 3 rings (SSSR count). The van der Waals surface area contributed by atoms with E-state index in [9.17, 15) is 0 Å². The lowest BCUT2D eigenvalue weighted by atomic mass is 10.1. The predicted molar refractivity (Wildman–Crippen MR) is 94.3 cm³/mol. The highest BCUT2D eigenvalue weighted by atomic mass is 32.1. The molecule has 0 aliphatic heterocycles. The van der Waals surface area contributed by atoms with Crippen molar-refractivity contribution in [1.29, 1.82) is 0 Å². The average Bonchev–Trinajstić information content (AvgIpc) is 3.29. The van der Waals surface area contributed by atoms with Gasteiger partial charge in [-0.05, 0) is 56.9 Å². The molecule has 23 heavy (non-hydrogen) atoms. The first kappa shape index (κ1) is 15.9. The Morgan fingerprint density at radius 2 is 2.13 bits per heavy atom. The fourth-order valence-corrected chi connectivity index (χ4v) is 2.75. The van der Waals surface area contributed by atoms with Crippen molar-refractivity contribution in [1.82, 2.24) is 14.3 Å². The van der Waals surface area contributed by atoms with Crippen molar-refractivity contribution in [2.45, 2.75) is 39.5 Å². The van der Waals surface area contributed by atoms with Gasteiger partial charge < -0.3 is 9.64 Å². The largest absolute Gasteiger partial charge is 0.430 e. The molecule has 1 aliphatic rings. The molecular weight excluding hydrogens is 308 g/mol. The molecule has 0 spiro atoms. The lowest BCUT2D eigenvalue weighted by Crippen LogP contribution is -2.14. The molecule has 0 saturated heterocycles. The lowest BCUT2D eigenvalue weighted by molar-refractivity contribution is 0.473. The summed E-state index contributed by atoms with van der Waals surface area (Å²) in [6, 6.07) is 4.07. The van der Waals surface area contributed by atoms with Crippen LogP contribution in [0.3, 0.4) is 0 Å². The molecule has 1 aliphatic carbocycles. The van der Waals surface area contributed by atoms with E-state index in [2.05, 4.69) is 21.3 Å². The molecule has 1 aromatic carbocycles. The molecule has 1 aromatic heterocycles. The summed E-state index contributed by atoms with van der Waals surface area (Å²) in [5.41, 5.74) is 3.09. The first-order chi connectivity index (χ1) is 11.1. The summed E-state index contributed by atoms with van der Waals surface area (Å²) in [4.78, 5) is 11.1. The van der Waals surface area contributed by atoms with Crippen LogP contribution in [0.25, 0.3) is 0 Å². The zero-order chi connectivity index (χ0) is 16.4. The summed E-state index contributed by atoms with van der Waals surface area (Å²) in [7, 11) is 2.01. The van der Waals surface area contributed by atoms with Gasteiger partial charge in [0.05, 0.1) is 12.0 Å². The normalized spacial score (nSPS) is 14.4. The number of hydrogen-bond donors (Lipinski definition) is 0. The van der Waals surface area contributed by atoms with Gasteiger partial charge in [-0.2, -0.15) is 9.36 Å². The molecular formula is C17H22N4OS. The average molecular weight is 330 g/mol. The Morgan fingerprint density at radius 3 is 2.83 bits per heavy atom. The van der Waals surface area contributed by atoms with E-state index in [-0.39, 0.29) is 0 Å². The summed E-state index contributed by atoms with van der Waals surface area (Å²) in [6.45, 7) is 7.10. The Balaban J connectivity index is 1.77. The van der Waals surface area contributed by atoms with E-state index in [1.807, 2.05) is 44.3 Å². The van der Waals surface area contributed by atoms with E-state index >= 15 is 0 Å². The molecule has 6 heteroatoms. The first-order valence-electron chi connectivity index (χ1n) is 7.94. The standard InChI is InChI=1S/C17H22N4OS/c1-5-21(4)10-18-14-8-12(3)15(9-11(14)2)22-17-19-16(20-23-17)13-6-7-13/h8-10,13H,5-7H2,1-4H3/b18-10-. The third-order valence-electron chi connectivity index (χ3n) is 3.95. The molecule has 122 valence electrons. The van der Waals surface area contributed by atoms with Gasteiger partial charge in [0.15, 0.2) is 0 Å². The molecule has 5 nitrogen and oxygen atoms in total. The van der Waals surface area contributed by atoms with Gasteiger partial charge in [-0.15, -0.1) is 0 Å². The predicted octanol–water partition coefficient (Wildman–Crippen LogP) is 4.44. The van der Waals surface area contributed by atoms with E-state index in [1.54, 1.807) is 0 Å². The molecule has 1 saturated carbocycles. The number of aryl methyl sites for hydroxylation is 2. The maximum Gasteiger partial charge on any atom is 0.298 e. The van der Waals surface area contributed by atoms with Crippen molar-refractivity contribution >= 4 is 23.6 Å².